The molecular formula is C16H25NO. The highest BCUT2D eigenvalue weighted by atomic mass is 16.3. The zero-order valence-corrected chi connectivity index (χ0v) is 11.4. The SMILES string of the molecule is Cc1ccc(CO)cc1NCCC1CCCCC1. The minimum absolute atomic E-state index is 0.123. The molecule has 1 fully saturated rings. The van der Waals surface area contributed by atoms with Gasteiger partial charge in [0, 0.05) is 12.2 Å². The lowest BCUT2D eigenvalue weighted by Gasteiger charge is -2.22. The molecule has 2 rings (SSSR count). The van der Waals surface area contributed by atoms with Gasteiger partial charge in [-0.25, -0.2) is 0 Å². The van der Waals surface area contributed by atoms with Crippen LogP contribution in [0.4, 0.5) is 5.69 Å². The summed E-state index contributed by atoms with van der Waals surface area (Å²) in [5.41, 5.74) is 3.42. The molecule has 0 radical (unpaired) electrons. The molecule has 1 saturated carbocycles. The van der Waals surface area contributed by atoms with Gasteiger partial charge in [0.2, 0.25) is 0 Å². The van der Waals surface area contributed by atoms with Gasteiger partial charge in [-0.2, -0.15) is 0 Å². The normalized spacial score (nSPS) is 16.8. The van der Waals surface area contributed by atoms with Gasteiger partial charge in [0.05, 0.1) is 6.61 Å². The summed E-state index contributed by atoms with van der Waals surface area (Å²) >= 11 is 0. The molecular weight excluding hydrogens is 222 g/mol. The van der Waals surface area contributed by atoms with E-state index in [4.69, 9.17) is 5.11 Å². The highest BCUT2D eigenvalue weighted by Gasteiger charge is 2.12. The third-order valence-corrected chi connectivity index (χ3v) is 4.08. The van der Waals surface area contributed by atoms with Crippen molar-refractivity contribution < 1.29 is 5.11 Å². The molecule has 2 N–H and O–H groups in total. The Morgan fingerprint density at radius 2 is 2.00 bits per heavy atom. The van der Waals surface area contributed by atoms with E-state index in [1.54, 1.807) is 0 Å². The molecule has 100 valence electrons. The summed E-state index contributed by atoms with van der Waals surface area (Å²) in [6, 6.07) is 6.13. The van der Waals surface area contributed by atoms with E-state index in [0.29, 0.717) is 0 Å². The highest BCUT2D eigenvalue weighted by Crippen LogP contribution is 2.26. The monoisotopic (exact) mass is 247 g/mol. The van der Waals surface area contributed by atoms with E-state index in [1.807, 2.05) is 6.07 Å². The Morgan fingerprint density at radius 1 is 1.22 bits per heavy atom. The maximum absolute atomic E-state index is 9.15. The quantitative estimate of drug-likeness (QED) is 0.828. The summed E-state index contributed by atoms with van der Waals surface area (Å²) in [5.74, 6) is 0.924. The van der Waals surface area contributed by atoms with Crippen molar-refractivity contribution in [1.82, 2.24) is 0 Å². The van der Waals surface area contributed by atoms with Gasteiger partial charge >= 0.3 is 0 Å². The van der Waals surface area contributed by atoms with Crippen LogP contribution < -0.4 is 5.32 Å². The fourth-order valence-corrected chi connectivity index (χ4v) is 2.84. The van der Waals surface area contributed by atoms with Crippen molar-refractivity contribution in [2.75, 3.05) is 11.9 Å². The summed E-state index contributed by atoms with van der Waals surface area (Å²) in [4.78, 5) is 0. The Morgan fingerprint density at radius 3 is 2.72 bits per heavy atom. The molecule has 1 aromatic carbocycles. The van der Waals surface area contributed by atoms with Gasteiger partial charge < -0.3 is 10.4 Å². The lowest BCUT2D eigenvalue weighted by atomic mass is 9.87. The van der Waals surface area contributed by atoms with Crippen LogP contribution in [0, 0.1) is 12.8 Å². The van der Waals surface area contributed by atoms with Gasteiger partial charge in [-0.05, 0) is 36.5 Å². The number of aliphatic hydroxyl groups is 1. The third kappa shape index (κ3) is 3.74. The van der Waals surface area contributed by atoms with Gasteiger partial charge in [-0.15, -0.1) is 0 Å². The molecule has 1 aromatic rings. The first kappa shape index (κ1) is 13.4. The van der Waals surface area contributed by atoms with E-state index in [-0.39, 0.29) is 6.61 Å². The molecule has 0 saturated heterocycles. The van der Waals surface area contributed by atoms with Crippen LogP contribution in [0.5, 0.6) is 0 Å². The topological polar surface area (TPSA) is 32.3 Å². The predicted molar refractivity (Wildman–Crippen MR) is 76.8 cm³/mol. The van der Waals surface area contributed by atoms with Crippen LogP contribution in [0.1, 0.15) is 49.7 Å². The Labute approximate surface area is 110 Å². The Balaban J connectivity index is 1.81. The number of hydrogen-bond donors (Lipinski definition) is 2. The molecule has 0 aromatic heterocycles. The van der Waals surface area contributed by atoms with Crippen LogP contribution in [-0.2, 0) is 6.61 Å². The smallest absolute Gasteiger partial charge is 0.0682 e. The molecule has 0 heterocycles. The van der Waals surface area contributed by atoms with Crippen LogP contribution in [-0.4, -0.2) is 11.7 Å². The molecule has 1 aliphatic rings. The van der Waals surface area contributed by atoms with Gasteiger partial charge in [0.15, 0.2) is 0 Å². The van der Waals surface area contributed by atoms with Gasteiger partial charge in [0.1, 0.15) is 0 Å². The molecule has 0 aliphatic heterocycles. The number of hydrogen-bond acceptors (Lipinski definition) is 2. The molecule has 0 bridgehead atoms. The van der Waals surface area contributed by atoms with E-state index in [0.717, 1.165) is 18.0 Å². The fraction of sp³-hybridized carbons (Fsp3) is 0.625. The maximum Gasteiger partial charge on any atom is 0.0682 e. The van der Waals surface area contributed by atoms with Crippen LogP contribution in [0.3, 0.4) is 0 Å². The first-order chi connectivity index (χ1) is 8.79. The minimum atomic E-state index is 0.123. The molecule has 18 heavy (non-hydrogen) atoms. The number of rotatable bonds is 5. The summed E-state index contributed by atoms with van der Waals surface area (Å²) in [5, 5.41) is 12.7. The number of aryl methyl sites for hydroxylation is 1. The number of anilines is 1. The van der Waals surface area contributed by atoms with Crippen molar-refractivity contribution in [3.63, 3.8) is 0 Å². The summed E-state index contributed by atoms with van der Waals surface area (Å²) in [6.45, 7) is 3.29. The molecule has 0 spiro atoms. The van der Waals surface area contributed by atoms with Crippen molar-refractivity contribution in [2.45, 2.75) is 52.1 Å². The summed E-state index contributed by atoms with van der Waals surface area (Å²) < 4.78 is 0. The number of benzene rings is 1. The number of nitrogens with one attached hydrogen (secondary N) is 1. The summed E-state index contributed by atoms with van der Waals surface area (Å²) in [6.07, 6.45) is 8.38. The van der Waals surface area contributed by atoms with Crippen molar-refractivity contribution in [2.24, 2.45) is 5.92 Å². The van der Waals surface area contributed by atoms with Crippen molar-refractivity contribution in [1.29, 1.82) is 0 Å². The van der Waals surface area contributed by atoms with E-state index in [1.165, 1.54) is 49.8 Å². The van der Waals surface area contributed by atoms with E-state index < -0.39 is 0 Å². The van der Waals surface area contributed by atoms with Crippen LogP contribution in [0.15, 0.2) is 18.2 Å². The molecule has 0 unspecified atom stereocenters. The van der Waals surface area contributed by atoms with Crippen LogP contribution in [0.25, 0.3) is 0 Å². The second kappa shape index (κ2) is 6.79. The average Bonchev–Trinajstić information content (AvgIpc) is 2.42. The van der Waals surface area contributed by atoms with Crippen molar-refractivity contribution in [3.8, 4) is 0 Å². The van der Waals surface area contributed by atoms with Gasteiger partial charge in [-0.3, -0.25) is 0 Å². The van der Waals surface area contributed by atoms with Crippen LogP contribution in [0.2, 0.25) is 0 Å². The Bertz CT molecular complexity index is 369. The first-order valence-electron chi connectivity index (χ1n) is 7.24. The average molecular weight is 247 g/mol. The van der Waals surface area contributed by atoms with E-state index in [2.05, 4.69) is 24.4 Å². The second-order valence-corrected chi connectivity index (χ2v) is 5.53. The maximum atomic E-state index is 9.15. The highest BCUT2D eigenvalue weighted by molar-refractivity contribution is 5.52. The first-order valence-corrected chi connectivity index (χ1v) is 7.24. The van der Waals surface area contributed by atoms with Crippen LogP contribution >= 0.6 is 0 Å². The largest absolute Gasteiger partial charge is 0.392 e. The molecule has 2 heteroatoms. The zero-order chi connectivity index (χ0) is 12.8. The Kier molecular flexibility index (Phi) is 5.06. The fourth-order valence-electron chi connectivity index (χ4n) is 2.84. The lowest BCUT2D eigenvalue weighted by Crippen LogP contribution is -2.12. The van der Waals surface area contributed by atoms with Gasteiger partial charge in [0.25, 0.3) is 0 Å². The molecule has 0 amide bonds. The zero-order valence-electron chi connectivity index (χ0n) is 11.4. The molecule has 2 nitrogen and oxygen atoms in total. The van der Waals surface area contributed by atoms with E-state index in [9.17, 15) is 0 Å². The predicted octanol–water partition coefficient (Wildman–Crippen LogP) is 3.87. The van der Waals surface area contributed by atoms with Crippen molar-refractivity contribution >= 4 is 5.69 Å². The standard InChI is InChI=1S/C16H25NO/c1-13-7-8-15(12-18)11-16(13)17-10-9-14-5-3-2-4-6-14/h7-8,11,14,17-18H,2-6,9-10,12H2,1H3. The summed E-state index contributed by atoms with van der Waals surface area (Å²) in [7, 11) is 0. The number of aliphatic hydroxyl groups excluding tert-OH is 1. The van der Waals surface area contributed by atoms with E-state index >= 15 is 0 Å². The molecule has 0 atom stereocenters. The third-order valence-electron chi connectivity index (χ3n) is 4.08. The lowest BCUT2D eigenvalue weighted by molar-refractivity contribution is 0.282. The minimum Gasteiger partial charge on any atom is -0.392 e. The van der Waals surface area contributed by atoms with Gasteiger partial charge in [-0.1, -0.05) is 44.2 Å². The Hall–Kier alpha value is -1.02. The second-order valence-electron chi connectivity index (χ2n) is 5.53. The molecule has 1 aliphatic carbocycles. The van der Waals surface area contributed by atoms with Crippen molar-refractivity contribution in [3.05, 3.63) is 29.3 Å².